The summed E-state index contributed by atoms with van der Waals surface area (Å²) < 4.78 is 43.2. The van der Waals surface area contributed by atoms with Crippen molar-refractivity contribution in [1.82, 2.24) is 10.0 Å². The fourth-order valence-electron chi connectivity index (χ4n) is 1.36. The zero-order chi connectivity index (χ0) is 15.0. The van der Waals surface area contributed by atoms with Crippen molar-refractivity contribution in [2.24, 2.45) is 0 Å². The van der Waals surface area contributed by atoms with Gasteiger partial charge in [-0.25, -0.2) is 17.5 Å². The normalized spacial score (nSPS) is 11.3. The lowest BCUT2D eigenvalue weighted by Crippen LogP contribution is -2.37. The van der Waals surface area contributed by atoms with Crippen LogP contribution in [0.1, 0.15) is 6.42 Å². The van der Waals surface area contributed by atoms with Gasteiger partial charge in [-0.2, -0.15) is 0 Å². The lowest BCUT2D eigenvalue weighted by molar-refractivity contribution is -0.120. The highest BCUT2D eigenvalue weighted by Crippen LogP contribution is 2.08. The van der Waals surface area contributed by atoms with Gasteiger partial charge in [0.15, 0.2) is 0 Å². The summed E-state index contributed by atoms with van der Waals surface area (Å²) in [5.41, 5.74) is 0. The van der Waals surface area contributed by atoms with Gasteiger partial charge in [-0.3, -0.25) is 4.79 Å². The first-order valence-electron chi connectivity index (χ1n) is 5.96. The zero-order valence-electron chi connectivity index (χ0n) is 11.1. The molecule has 0 saturated carbocycles. The molecule has 0 aliphatic carbocycles. The Morgan fingerprint density at radius 2 is 1.95 bits per heavy atom. The molecule has 0 aromatic heterocycles. The summed E-state index contributed by atoms with van der Waals surface area (Å²) in [7, 11) is -2.26. The quantitative estimate of drug-likeness (QED) is 0.675. The van der Waals surface area contributed by atoms with Gasteiger partial charge in [-0.05, 0) is 30.7 Å². The van der Waals surface area contributed by atoms with Gasteiger partial charge < -0.3 is 10.1 Å². The Hall–Kier alpha value is -1.51. The number of methoxy groups -OCH3 is 1. The van der Waals surface area contributed by atoms with Crippen LogP contribution in [0.4, 0.5) is 4.39 Å². The second-order valence-corrected chi connectivity index (χ2v) is 5.74. The number of carbonyl (C=O) groups excluding carboxylic acids is 1. The van der Waals surface area contributed by atoms with Crippen molar-refractivity contribution < 1.29 is 22.3 Å². The molecule has 8 heteroatoms. The topological polar surface area (TPSA) is 84.5 Å². The van der Waals surface area contributed by atoms with E-state index in [1.807, 2.05) is 0 Å². The van der Waals surface area contributed by atoms with Crippen LogP contribution in [0.2, 0.25) is 0 Å². The van der Waals surface area contributed by atoms with E-state index in [1.54, 1.807) is 7.11 Å². The first-order valence-corrected chi connectivity index (χ1v) is 7.45. The van der Waals surface area contributed by atoms with Crippen molar-refractivity contribution >= 4 is 15.9 Å². The molecule has 0 heterocycles. The number of benzene rings is 1. The Kier molecular flexibility index (Phi) is 6.56. The molecular formula is C12H17FN2O4S. The van der Waals surface area contributed by atoms with Crippen LogP contribution in [0, 0.1) is 5.82 Å². The van der Waals surface area contributed by atoms with E-state index in [4.69, 9.17) is 4.74 Å². The molecule has 0 bridgehead atoms. The van der Waals surface area contributed by atoms with Gasteiger partial charge in [0.1, 0.15) is 5.82 Å². The molecule has 2 N–H and O–H groups in total. The van der Waals surface area contributed by atoms with E-state index in [0.717, 1.165) is 24.3 Å². The maximum atomic E-state index is 12.7. The highest BCUT2D eigenvalue weighted by atomic mass is 32.2. The van der Waals surface area contributed by atoms with Crippen molar-refractivity contribution in [2.45, 2.75) is 11.3 Å². The zero-order valence-corrected chi connectivity index (χ0v) is 11.9. The third-order valence-electron chi connectivity index (χ3n) is 2.39. The third-order valence-corrected chi connectivity index (χ3v) is 3.81. The predicted molar refractivity (Wildman–Crippen MR) is 71.1 cm³/mol. The summed E-state index contributed by atoms with van der Waals surface area (Å²) in [5.74, 6) is -0.966. The summed E-state index contributed by atoms with van der Waals surface area (Å²) in [6.07, 6.45) is 0.646. The van der Waals surface area contributed by atoms with Gasteiger partial charge in [0.25, 0.3) is 0 Å². The van der Waals surface area contributed by atoms with Crippen molar-refractivity contribution in [3.05, 3.63) is 30.1 Å². The van der Waals surface area contributed by atoms with Gasteiger partial charge >= 0.3 is 0 Å². The lowest BCUT2D eigenvalue weighted by Gasteiger charge is -2.07. The number of rotatable bonds is 8. The Morgan fingerprint density at radius 1 is 1.30 bits per heavy atom. The molecule has 0 fully saturated rings. The molecule has 1 amide bonds. The van der Waals surface area contributed by atoms with E-state index < -0.39 is 21.7 Å². The Bertz CT molecular complexity index is 531. The summed E-state index contributed by atoms with van der Waals surface area (Å²) in [5, 5.41) is 2.54. The number of amides is 1. The number of nitrogens with one attached hydrogen (secondary N) is 2. The molecule has 20 heavy (non-hydrogen) atoms. The maximum absolute atomic E-state index is 12.7. The van der Waals surface area contributed by atoms with Gasteiger partial charge in [0.05, 0.1) is 11.4 Å². The molecular weight excluding hydrogens is 287 g/mol. The van der Waals surface area contributed by atoms with E-state index in [1.165, 1.54) is 0 Å². The van der Waals surface area contributed by atoms with Crippen molar-refractivity contribution in [2.75, 3.05) is 26.8 Å². The van der Waals surface area contributed by atoms with E-state index >= 15 is 0 Å². The van der Waals surface area contributed by atoms with Crippen LogP contribution >= 0.6 is 0 Å². The Balaban J connectivity index is 2.43. The van der Waals surface area contributed by atoms with E-state index in [9.17, 15) is 17.6 Å². The molecule has 0 radical (unpaired) electrons. The van der Waals surface area contributed by atoms with Crippen LogP contribution in [0.25, 0.3) is 0 Å². The summed E-state index contributed by atoms with van der Waals surface area (Å²) in [6.45, 7) is 0.555. The van der Waals surface area contributed by atoms with E-state index in [0.29, 0.717) is 19.6 Å². The van der Waals surface area contributed by atoms with Crippen LogP contribution in [0.15, 0.2) is 29.2 Å². The van der Waals surface area contributed by atoms with Gasteiger partial charge in [0, 0.05) is 20.3 Å². The molecule has 112 valence electrons. The number of ether oxygens (including phenoxy) is 1. The van der Waals surface area contributed by atoms with Gasteiger partial charge in [-0.15, -0.1) is 0 Å². The molecule has 0 spiro atoms. The molecule has 1 aromatic rings. The minimum Gasteiger partial charge on any atom is -0.385 e. The molecule has 0 aliphatic rings. The Morgan fingerprint density at radius 3 is 2.55 bits per heavy atom. The van der Waals surface area contributed by atoms with E-state index in [-0.39, 0.29) is 11.4 Å². The molecule has 0 aliphatic heterocycles. The number of hydrogen-bond donors (Lipinski definition) is 2. The second-order valence-electron chi connectivity index (χ2n) is 3.97. The second kappa shape index (κ2) is 7.93. The van der Waals surface area contributed by atoms with Crippen molar-refractivity contribution in [3.63, 3.8) is 0 Å². The monoisotopic (exact) mass is 304 g/mol. The molecule has 0 atom stereocenters. The SMILES string of the molecule is COCCCNC(=O)CNS(=O)(=O)c1ccc(F)cc1. The first kappa shape index (κ1) is 16.5. The summed E-state index contributed by atoms with van der Waals surface area (Å²) in [4.78, 5) is 11.3. The van der Waals surface area contributed by atoms with Crippen LogP contribution in [0.3, 0.4) is 0 Å². The molecule has 1 rings (SSSR count). The standard InChI is InChI=1S/C12H17FN2O4S/c1-19-8-2-7-14-12(16)9-15-20(17,18)11-5-3-10(13)4-6-11/h3-6,15H,2,7-9H2,1H3,(H,14,16). The van der Waals surface area contributed by atoms with Crippen LogP contribution in [-0.2, 0) is 19.6 Å². The first-order chi connectivity index (χ1) is 9.45. The summed E-state index contributed by atoms with van der Waals surface area (Å²) in [6, 6.07) is 4.35. The fraction of sp³-hybridized carbons (Fsp3) is 0.417. The molecule has 6 nitrogen and oxygen atoms in total. The van der Waals surface area contributed by atoms with Gasteiger partial charge in [-0.1, -0.05) is 0 Å². The number of hydrogen-bond acceptors (Lipinski definition) is 4. The number of sulfonamides is 1. The minimum absolute atomic E-state index is 0.0916. The van der Waals surface area contributed by atoms with E-state index in [2.05, 4.69) is 10.0 Å². The Labute approximate surface area is 117 Å². The highest BCUT2D eigenvalue weighted by Gasteiger charge is 2.15. The third kappa shape index (κ3) is 5.64. The molecule has 1 aromatic carbocycles. The van der Waals surface area contributed by atoms with Crippen molar-refractivity contribution in [3.8, 4) is 0 Å². The largest absolute Gasteiger partial charge is 0.385 e. The molecule has 0 saturated heterocycles. The lowest BCUT2D eigenvalue weighted by atomic mass is 10.4. The number of halogens is 1. The van der Waals surface area contributed by atoms with Gasteiger partial charge in [0.2, 0.25) is 15.9 Å². The van der Waals surface area contributed by atoms with Crippen molar-refractivity contribution in [1.29, 1.82) is 0 Å². The molecule has 0 unspecified atom stereocenters. The smallest absolute Gasteiger partial charge is 0.241 e. The average Bonchev–Trinajstić information content (AvgIpc) is 2.42. The number of carbonyl (C=O) groups is 1. The average molecular weight is 304 g/mol. The predicted octanol–water partition coefficient (Wildman–Crippen LogP) is 0.257. The fourth-order valence-corrected chi connectivity index (χ4v) is 2.35. The highest BCUT2D eigenvalue weighted by molar-refractivity contribution is 7.89. The minimum atomic E-state index is -3.81. The van der Waals surface area contributed by atoms with Crippen LogP contribution < -0.4 is 10.0 Å². The maximum Gasteiger partial charge on any atom is 0.241 e. The van der Waals surface area contributed by atoms with Crippen LogP contribution in [-0.4, -0.2) is 41.1 Å². The summed E-state index contributed by atoms with van der Waals surface area (Å²) >= 11 is 0. The van der Waals surface area contributed by atoms with Crippen LogP contribution in [0.5, 0.6) is 0 Å².